The van der Waals surface area contributed by atoms with Gasteiger partial charge in [0.05, 0.1) is 24.9 Å². The molecule has 0 aliphatic rings. The van der Waals surface area contributed by atoms with Gasteiger partial charge in [0.15, 0.2) is 0 Å². The molecule has 2 aromatic heterocycles. The summed E-state index contributed by atoms with van der Waals surface area (Å²) in [4.78, 5) is 28.5. The summed E-state index contributed by atoms with van der Waals surface area (Å²) >= 11 is 0. The first kappa shape index (κ1) is 24.4. The summed E-state index contributed by atoms with van der Waals surface area (Å²) in [6.07, 6.45) is 5.17. The average Bonchev–Trinajstić information content (AvgIpc) is 3.34. The molecule has 184 valence electrons. The molecule has 2 aromatic carbocycles. The first-order valence-corrected chi connectivity index (χ1v) is 11.3. The number of amides is 3. The van der Waals surface area contributed by atoms with E-state index in [4.69, 9.17) is 9.47 Å². The number of ether oxygens (including phenoxy) is 2. The van der Waals surface area contributed by atoms with E-state index >= 15 is 0 Å². The van der Waals surface area contributed by atoms with Crippen molar-refractivity contribution in [2.24, 2.45) is 0 Å². The SMILES string of the molecule is COCCNC(=O)Cc1ccc(-n2nccc2NC(=O)Nc2ccc(Oc3ccncc3)cc2)cc1. The molecule has 10 nitrogen and oxygen atoms in total. The summed E-state index contributed by atoms with van der Waals surface area (Å²) in [5, 5.41) is 12.7. The number of rotatable bonds is 10. The number of hydrogen-bond acceptors (Lipinski definition) is 6. The van der Waals surface area contributed by atoms with E-state index < -0.39 is 6.03 Å². The van der Waals surface area contributed by atoms with E-state index in [1.807, 2.05) is 24.3 Å². The third-order valence-electron chi connectivity index (χ3n) is 5.06. The van der Waals surface area contributed by atoms with Gasteiger partial charge in [-0.15, -0.1) is 0 Å². The van der Waals surface area contributed by atoms with Crippen molar-refractivity contribution >= 4 is 23.4 Å². The lowest BCUT2D eigenvalue weighted by Gasteiger charge is -2.11. The molecule has 0 saturated carbocycles. The molecule has 0 atom stereocenters. The highest BCUT2D eigenvalue weighted by Gasteiger charge is 2.10. The predicted octanol–water partition coefficient (Wildman–Crippen LogP) is 4.01. The highest BCUT2D eigenvalue weighted by atomic mass is 16.5. The van der Waals surface area contributed by atoms with Crippen LogP contribution < -0.4 is 20.7 Å². The quantitative estimate of drug-likeness (QED) is 0.292. The second-order valence-corrected chi connectivity index (χ2v) is 7.70. The largest absolute Gasteiger partial charge is 0.457 e. The molecular weight excluding hydrogens is 460 g/mol. The molecule has 0 bridgehead atoms. The highest BCUT2D eigenvalue weighted by Crippen LogP contribution is 2.22. The normalized spacial score (nSPS) is 10.5. The van der Waals surface area contributed by atoms with Crippen LogP contribution in [0.4, 0.5) is 16.3 Å². The molecule has 4 aromatic rings. The molecule has 2 heterocycles. The Morgan fingerprint density at radius 1 is 0.861 bits per heavy atom. The molecule has 3 amide bonds. The zero-order valence-corrected chi connectivity index (χ0v) is 19.7. The molecule has 4 rings (SSSR count). The third kappa shape index (κ3) is 6.90. The summed E-state index contributed by atoms with van der Waals surface area (Å²) in [6.45, 7) is 0.945. The fraction of sp³-hybridized carbons (Fsp3) is 0.154. The van der Waals surface area contributed by atoms with Crippen LogP contribution in [-0.4, -0.2) is 47.0 Å². The fourth-order valence-electron chi connectivity index (χ4n) is 3.33. The maximum atomic E-state index is 12.6. The van der Waals surface area contributed by atoms with Gasteiger partial charge in [0.1, 0.15) is 17.3 Å². The van der Waals surface area contributed by atoms with E-state index in [2.05, 4.69) is 26.0 Å². The standard InChI is InChI=1S/C26H26N6O4/c1-35-17-16-28-25(33)18-19-2-6-21(7-3-19)32-24(12-15-29-32)31-26(34)30-20-4-8-22(9-5-20)36-23-10-13-27-14-11-23/h2-15H,16-18H2,1H3,(H,28,33)(H2,30,31,34). The van der Waals surface area contributed by atoms with Crippen LogP contribution in [0.25, 0.3) is 5.69 Å². The molecule has 0 aliphatic carbocycles. The Bertz CT molecular complexity index is 1270. The number of pyridine rings is 1. The number of aromatic nitrogens is 3. The lowest BCUT2D eigenvalue weighted by Crippen LogP contribution is -2.28. The van der Waals surface area contributed by atoms with Crippen LogP contribution in [0.3, 0.4) is 0 Å². The molecule has 0 saturated heterocycles. The Labute approximate surface area is 208 Å². The number of benzene rings is 2. The van der Waals surface area contributed by atoms with Gasteiger partial charge in [-0.3, -0.25) is 15.1 Å². The Hall–Kier alpha value is -4.70. The van der Waals surface area contributed by atoms with Crippen molar-refractivity contribution < 1.29 is 19.1 Å². The Kier molecular flexibility index (Phi) is 8.23. The molecule has 36 heavy (non-hydrogen) atoms. The molecule has 0 aliphatic heterocycles. The lowest BCUT2D eigenvalue weighted by molar-refractivity contribution is -0.120. The minimum atomic E-state index is -0.413. The van der Waals surface area contributed by atoms with Gasteiger partial charge in [-0.05, 0) is 54.1 Å². The van der Waals surface area contributed by atoms with Crippen molar-refractivity contribution in [1.29, 1.82) is 0 Å². The Morgan fingerprint density at radius 2 is 1.58 bits per heavy atom. The van der Waals surface area contributed by atoms with E-state index in [-0.39, 0.29) is 12.3 Å². The van der Waals surface area contributed by atoms with Crippen LogP contribution in [0.2, 0.25) is 0 Å². The zero-order chi connectivity index (χ0) is 25.2. The number of anilines is 2. The van der Waals surface area contributed by atoms with Crippen LogP contribution in [-0.2, 0) is 16.0 Å². The molecule has 0 spiro atoms. The van der Waals surface area contributed by atoms with Gasteiger partial charge in [0, 0.05) is 37.8 Å². The number of carbonyl (C=O) groups is 2. The van der Waals surface area contributed by atoms with E-state index in [1.54, 1.807) is 72.8 Å². The van der Waals surface area contributed by atoms with Crippen LogP contribution in [0.15, 0.2) is 85.3 Å². The number of nitrogens with one attached hydrogen (secondary N) is 3. The van der Waals surface area contributed by atoms with Crippen LogP contribution in [0.1, 0.15) is 5.56 Å². The summed E-state index contributed by atoms with van der Waals surface area (Å²) in [6, 6.07) is 19.2. The van der Waals surface area contributed by atoms with Crippen molar-refractivity contribution in [2.75, 3.05) is 30.9 Å². The Morgan fingerprint density at radius 3 is 2.31 bits per heavy atom. The Balaban J connectivity index is 1.32. The van der Waals surface area contributed by atoms with E-state index in [0.717, 1.165) is 11.3 Å². The number of nitrogens with zero attached hydrogens (tertiary/aromatic N) is 3. The van der Waals surface area contributed by atoms with Gasteiger partial charge < -0.3 is 20.1 Å². The first-order valence-electron chi connectivity index (χ1n) is 11.3. The van der Waals surface area contributed by atoms with Crippen molar-refractivity contribution in [1.82, 2.24) is 20.1 Å². The molecule has 3 N–H and O–H groups in total. The summed E-state index contributed by atoms with van der Waals surface area (Å²) < 4.78 is 12.3. The monoisotopic (exact) mass is 486 g/mol. The number of urea groups is 1. The van der Waals surface area contributed by atoms with Gasteiger partial charge in [-0.25, -0.2) is 9.48 Å². The molecule has 0 unspecified atom stereocenters. The zero-order valence-electron chi connectivity index (χ0n) is 19.7. The predicted molar refractivity (Wildman–Crippen MR) is 136 cm³/mol. The fourth-order valence-corrected chi connectivity index (χ4v) is 3.33. The minimum absolute atomic E-state index is 0.0742. The minimum Gasteiger partial charge on any atom is -0.457 e. The van der Waals surface area contributed by atoms with Crippen LogP contribution in [0, 0.1) is 0 Å². The second-order valence-electron chi connectivity index (χ2n) is 7.70. The van der Waals surface area contributed by atoms with Gasteiger partial charge in [0.2, 0.25) is 5.91 Å². The maximum absolute atomic E-state index is 12.6. The van der Waals surface area contributed by atoms with Crippen molar-refractivity contribution in [2.45, 2.75) is 6.42 Å². The number of carbonyl (C=O) groups excluding carboxylic acids is 2. The molecule has 0 fully saturated rings. The smallest absolute Gasteiger partial charge is 0.324 e. The number of hydrogen-bond donors (Lipinski definition) is 3. The average molecular weight is 487 g/mol. The first-order chi connectivity index (χ1) is 17.6. The molecule has 10 heteroatoms. The van der Waals surface area contributed by atoms with Crippen molar-refractivity contribution in [3.8, 4) is 17.2 Å². The second kappa shape index (κ2) is 12.1. The summed E-state index contributed by atoms with van der Waals surface area (Å²) in [5.74, 6) is 1.74. The highest BCUT2D eigenvalue weighted by molar-refractivity contribution is 5.99. The van der Waals surface area contributed by atoms with E-state index in [0.29, 0.717) is 36.2 Å². The van der Waals surface area contributed by atoms with Crippen LogP contribution >= 0.6 is 0 Å². The van der Waals surface area contributed by atoms with Gasteiger partial charge >= 0.3 is 6.03 Å². The van der Waals surface area contributed by atoms with E-state index in [1.165, 1.54) is 0 Å². The summed E-state index contributed by atoms with van der Waals surface area (Å²) in [7, 11) is 1.59. The topological polar surface area (TPSA) is 119 Å². The molecular formula is C26H26N6O4. The summed E-state index contributed by atoms with van der Waals surface area (Å²) in [5.41, 5.74) is 2.22. The third-order valence-corrected chi connectivity index (χ3v) is 5.06. The lowest BCUT2D eigenvalue weighted by atomic mass is 10.1. The van der Waals surface area contributed by atoms with Gasteiger partial charge in [-0.2, -0.15) is 5.10 Å². The van der Waals surface area contributed by atoms with Crippen LogP contribution in [0.5, 0.6) is 11.5 Å². The van der Waals surface area contributed by atoms with Gasteiger partial charge in [-0.1, -0.05) is 12.1 Å². The van der Waals surface area contributed by atoms with Gasteiger partial charge in [0.25, 0.3) is 0 Å². The van der Waals surface area contributed by atoms with E-state index in [9.17, 15) is 9.59 Å². The number of methoxy groups -OCH3 is 1. The van der Waals surface area contributed by atoms with Crippen molar-refractivity contribution in [3.63, 3.8) is 0 Å². The molecule has 0 radical (unpaired) electrons. The van der Waals surface area contributed by atoms with Crippen molar-refractivity contribution in [3.05, 3.63) is 90.9 Å². The maximum Gasteiger partial charge on any atom is 0.324 e.